The van der Waals surface area contributed by atoms with Crippen molar-refractivity contribution in [2.24, 2.45) is 0 Å². The Morgan fingerprint density at radius 3 is 2.55 bits per heavy atom. The van der Waals surface area contributed by atoms with Crippen LogP contribution in [0.4, 0.5) is 4.79 Å². The van der Waals surface area contributed by atoms with E-state index in [1.807, 2.05) is 6.92 Å². The first-order chi connectivity index (χ1) is 10.2. The Morgan fingerprint density at radius 1 is 1.36 bits per heavy atom. The first-order valence-corrected chi connectivity index (χ1v) is 8.61. The highest BCUT2D eigenvalue weighted by molar-refractivity contribution is 8.13. The molecular weight excluding hydrogens is 304 g/mol. The average Bonchev–Trinajstić information content (AvgIpc) is 2.84. The smallest absolute Gasteiger partial charge is 0.408 e. The van der Waals surface area contributed by atoms with E-state index in [1.165, 1.54) is 11.8 Å². The third-order valence-corrected chi connectivity index (χ3v) is 4.04. The predicted molar refractivity (Wildman–Crippen MR) is 86.7 cm³/mol. The summed E-state index contributed by atoms with van der Waals surface area (Å²) in [7, 11) is 0. The Morgan fingerprint density at radius 2 is 2.00 bits per heavy atom. The van der Waals surface area contributed by atoms with Gasteiger partial charge in [0.1, 0.15) is 17.7 Å². The van der Waals surface area contributed by atoms with Crippen LogP contribution in [0.5, 0.6) is 0 Å². The molecule has 1 aliphatic heterocycles. The third-order valence-electron chi connectivity index (χ3n) is 3.20. The number of hydrogen-bond donors (Lipinski definition) is 1. The second kappa shape index (κ2) is 7.85. The number of nitrogens with one attached hydrogen (secondary N) is 1. The number of amides is 2. The summed E-state index contributed by atoms with van der Waals surface area (Å²) in [5, 5.41) is 2.56. The van der Waals surface area contributed by atoms with Gasteiger partial charge in [0.05, 0.1) is 0 Å². The van der Waals surface area contributed by atoms with Gasteiger partial charge in [-0.1, -0.05) is 18.7 Å². The maximum absolute atomic E-state index is 12.5. The zero-order valence-electron chi connectivity index (χ0n) is 14.0. The number of carbonyl (C=O) groups excluding carboxylic acids is 3. The molecule has 0 aromatic heterocycles. The number of thioether (sulfide) groups is 1. The van der Waals surface area contributed by atoms with Gasteiger partial charge >= 0.3 is 6.09 Å². The van der Waals surface area contributed by atoms with Gasteiger partial charge in [0.15, 0.2) is 0 Å². The quantitative estimate of drug-likeness (QED) is 0.855. The lowest BCUT2D eigenvalue weighted by atomic mass is 10.2. The Bertz CT molecular complexity index is 434. The van der Waals surface area contributed by atoms with Gasteiger partial charge in [-0.05, 0) is 46.3 Å². The van der Waals surface area contributed by atoms with Crippen LogP contribution in [-0.4, -0.2) is 52.0 Å². The molecule has 7 heteroatoms. The van der Waals surface area contributed by atoms with Gasteiger partial charge in [-0.2, -0.15) is 0 Å². The lowest BCUT2D eigenvalue weighted by Gasteiger charge is -2.27. The van der Waals surface area contributed by atoms with Crippen molar-refractivity contribution in [3.8, 4) is 0 Å². The summed E-state index contributed by atoms with van der Waals surface area (Å²) in [6.07, 6.45) is 0.876. The van der Waals surface area contributed by atoms with Crippen molar-refractivity contribution in [3.63, 3.8) is 0 Å². The SMILES string of the molecule is CCSC(=O)[C@@H]1CCCN1C(=O)C(C)NC(=O)OC(C)(C)C. The van der Waals surface area contributed by atoms with Crippen LogP contribution in [0, 0.1) is 0 Å². The van der Waals surface area contributed by atoms with Gasteiger partial charge < -0.3 is 15.0 Å². The highest BCUT2D eigenvalue weighted by atomic mass is 32.2. The number of ether oxygens (including phenoxy) is 1. The second-order valence-corrected chi connectivity index (χ2v) is 7.58. The summed E-state index contributed by atoms with van der Waals surface area (Å²) >= 11 is 1.24. The van der Waals surface area contributed by atoms with Crippen LogP contribution < -0.4 is 5.32 Å². The van der Waals surface area contributed by atoms with E-state index in [4.69, 9.17) is 4.74 Å². The Balaban J connectivity index is 2.62. The molecular formula is C15H26N2O4S. The molecule has 1 rings (SSSR count). The molecule has 0 aliphatic carbocycles. The van der Waals surface area contributed by atoms with Crippen LogP contribution in [0.2, 0.25) is 0 Å². The number of alkyl carbamates (subject to hydrolysis) is 1. The van der Waals surface area contributed by atoms with Crippen molar-refractivity contribution in [2.75, 3.05) is 12.3 Å². The fraction of sp³-hybridized carbons (Fsp3) is 0.800. The van der Waals surface area contributed by atoms with E-state index in [0.717, 1.165) is 6.42 Å². The Labute approximate surface area is 136 Å². The monoisotopic (exact) mass is 330 g/mol. The summed E-state index contributed by atoms with van der Waals surface area (Å²) in [6.45, 7) is 9.36. The highest BCUT2D eigenvalue weighted by Gasteiger charge is 2.36. The maximum Gasteiger partial charge on any atom is 0.408 e. The predicted octanol–water partition coefficient (Wildman–Crippen LogP) is 2.17. The van der Waals surface area contributed by atoms with Gasteiger partial charge in [-0.25, -0.2) is 4.79 Å². The summed E-state index contributed by atoms with van der Waals surface area (Å²) in [4.78, 5) is 37.8. The maximum atomic E-state index is 12.5. The van der Waals surface area contributed by atoms with E-state index in [-0.39, 0.29) is 17.1 Å². The molecule has 1 saturated heterocycles. The van der Waals surface area contributed by atoms with Crippen LogP contribution in [0.25, 0.3) is 0 Å². The van der Waals surface area contributed by atoms with Crippen molar-refractivity contribution in [1.29, 1.82) is 0 Å². The summed E-state index contributed by atoms with van der Waals surface area (Å²) in [6, 6.07) is -1.09. The molecule has 126 valence electrons. The number of carbonyl (C=O) groups is 3. The number of rotatable bonds is 4. The molecule has 1 heterocycles. The molecule has 1 N–H and O–H groups in total. The lowest BCUT2D eigenvalue weighted by molar-refractivity contribution is -0.136. The summed E-state index contributed by atoms with van der Waals surface area (Å²) < 4.78 is 5.14. The molecule has 0 saturated carbocycles. The Kier molecular flexibility index (Phi) is 6.71. The number of likely N-dealkylation sites (tertiary alicyclic amines) is 1. The molecule has 0 radical (unpaired) electrons. The Hall–Kier alpha value is -1.24. The third kappa shape index (κ3) is 5.51. The van der Waals surface area contributed by atoms with Crippen molar-refractivity contribution >= 4 is 28.9 Å². The number of nitrogens with zero attached hydrogens (tertiary/aromatic N) is 1. The first kappa shape index (κ1) is 18.8. The largest absolute Gasteiger partial charge is 0.444 e. The molecule has 0 aromatic carbocycles. The van der Waals surface area contributed by atoms with E-state index in [0.29, 0.717) is 18.7 Å². The first-order valence-electron chi connectivity index (χ1n) is 7.62. The van der Waals surface area contributed by atoms with Crippen LogP contribution in [0.3, 0.4) is 0 Å². The molecule has 1 aliphatic rings. The molecule has 0 aromatic rings. The number of hydrogen-bond acceptors (Lipinski definition) is 5. The molecule has 0 bridgehead atoms. The molecule has 0 spiro atoms. The summed E-state index contributed by atoms with van der Waals surface area (Å²) in [5.41, 5.74) is -0.614. The van der Waals surface area contributed by atoms with Crippen molar-refractivity contribution < 1.29 is 19.1 Å². The molecule has 6 nitrogen and oxygen atoms in total. The van der Waals surface area contributed by atoms with Gasteiger partial charge in [-0.15, -0.1) is 0 Å². The minimum Gasteiger partial charge on any atom is -0.444 e. The van der Waals surface area contributed by atoms with E-state index >= 15 is 0 Å². The molecule has 22 heavy (non-hydrogen) atoms. The molecule has 1 unspecified atom stereocenters. The minimum atomic E-state index is -0.713. The van der Waals surface area contributed by atoms with Gasteiger partial charge in [0.25, 0.3) is 0 Å². The van der Waals surface area contributed by atoms with Crippen molar-refractivity contribution in [1.82, 2.24) is 10.2 Å². The zero-order chi connectivity index (χ0) is 16.9. The lowest BCUT2D eigenvalue weighted by Crippen LogP contribution is -2.50. The second-order valence-electron chi connectivity index (χ2n) is 6.31. The van der Waals surface area contributed by atoms with Crippen LogP contribution in [-0.2, 0) is 14.3 Å². The molecule has 2 atom stereocenters. The van der Waals surface area contributed by atoms with Crippen LogP contribution in [0.1, 0.15) is 47.5 Å². The van der Waals surface area contributed by atoms with E-state index < -0.39 is 17.7 Å². The van der Waals surface area contributed by atoms with Crippen molar-refractivity contribution in [2.45, 2.75) is 65.1 Å². The van der Waals surface area contributed by atoms with E-state index in [9.17, 15) is 14.4 Å². The van der Waals surface area contributed by atoms with E-state index in [2.05, 4.69) is 5.32 Å². The van der Waals surface area contributed by atoms with Crippen LogP contribution >= 0.6 is 11.8 Å². The van der Waals surface area contributed by atoms with Gasteiger partial charge in [0.2, 0.25) is 11.0 Å². The van der Waals surface area contributed by atoms with Gasteiger partial charge in [-0.3, -0.25) is 9.59 Å². The van der Waals surface area contributed by atoms with Gasteiger partial charge in [0, 0.05) is 6.54 Å². The van der Waals surface area contributed by atoms with E-state index in [1.54, 1.807) is 32.6 Å². The normalized spacial score (nSPS) is 19.7. The molecule has 1 fully saturated rings. The average molecular weight is 330 g/mol. The van der Waals surface area contributed by atoms with Crippen LogP contribution in [0.15, 0.2) is 0 Å². The standard InChI is InChI=1S/C15H26N2O4S/c1-6-22-13(19)11-8-7-9-17(11)12(18)10(2)16-14(20)21-15(3,4)5/h10-11H,6-9H2,1-5H3,(H,16,20)/t10?,11-/m0/s1. The van der Waals surface area contributed by atoms with Crippen molar-refractivity contribution in [3.05, 3.63) is 0 Å². The fourth-order valence-electron chi connectivity index (χ4n) is 2.31. The molecule has 2 amide bonds. The minimum absolute atomic E-state index is 0.0258. The summed E-state index contributed by atoms with van der Waals surface area (Å²) in [5.74, 6) is 0.460. The fourth-order valence-corrected chi connectivity index (χ4v) is 3.03. The zero-order valence-corrected chi connectivity index (χ0v) is 14.8. The topological polar surface area (TPSA) is 75.7 Å². The highest BCUT2D eigenvalue weighted by Crippen LogP contribution is 2.23.